The van der Waals surface area contributed by atoms with Crippen molar-refractivity contribution in [2.24, 2.45) is 0 Å². The molecule has 1 heterocycles. The van der Waals surface area contributed by atoms with Crippen molar-refractivity contribution in [2.45, 2.75) is 18.2 Å². The van der Waals surface area contributed by atoms with E-state index in [0.29, 0.717) is 5.69 Å². The molecule has 1 aromatic heterocycles. The van der Waals surface area contributed by atoms with Gasteiger partial charge in [-0.15, -0.1) is 0 Å². The van der Waals surface area contributed by atoms with Gasteiger partial charge in [-0.25, -0.2) is 0 Å². The number of hydrogen-bond donors (Lipinski definition) is 3. The summed E-state index contributed by atoms with van der Waals surface area (Å²) < 4.78 is 0. The normalized spacial score (nSPS) is 14.6. The van der Waals surface area contributed by atoms with E-state index in [0.717, 1.165) is 5.69 Å². The summed E-state index contributed by atoms with van der Waals surface area (Å²) in [6.45, 7) is 2.18. The van der Waals surface area contributed by atoms with Crippen LogP contribution in [0.25, 0.3) is 0 Å². The lowest BCUT2D eigenvalue weighted by molar-refractivity contribution is 0.288. The monoisotopic (exact) mass is 227 g/mol. The van der Waals surface area contributed by atoms with Crippen LogP contribution in [0.2, 0.25) is 0 Å². The number of pyridine rings is 1. The minimum atomic E-state index is 0.153. The third-order valence-electron chi connectivity index (χ3n) is 2.28. The Morgan fingerprint density at radius 2 is 2.40 bits per heavy atom. The van der Waals surface area contributed by atoms with E-state index in [9.17, 15) is 0 Å². The van der Waals surface area contributed by atoms with Crippen molar-refractivity contribution in [3.8, 4) is 0 Å². The van der Waals surface area contributed by atoms with E-state index in [-0.39, 0.29) is 17.9 Å². The zero-order valence-corrected chi connectivity index (χ0v) is 9.79. The maximum absolute atomic E-state index is 9.14. The standard InChI is InChI=1S/C10H17N3OS/c1-7(10(6-14)15-2)13-9-3-4-12-5-8(9)11/h3-5,7,10,14H,6,11H2,1-2H3,(H,12,13). The molecule has 0 amide bonds. The van der Waals surface area contributed by atoms with Crippen LogP contribution < -0.4 is 11.1 Å². The summed E-state index contributed by atoms with van der Waals surface area (Å²) in [4.78, 5) is 3.92. The second-order valence-electron chi connectivity index (χ2n) is 3.35. The highest BCUT2D eigenvalue weighted by Crippen LogP contribution is 2.20. The Balaban J connectivity index is 2.65. The van der Waals surface area contributed by atoms with Gasteiger partial charge in [0.2, 0.25) is 0 Å². The van der Waals surface area contributed by atoms with E-state index in [1.165, 1.54) is 0 Å². The average Bonchev–Trinajstić information content (AvgIpc) is 2.23. The molecule has 0 aliphatic rings. The van der Waals surface area contributed by atoms with Crippen molar-refractivity contribution in [3.05, 3.63) is 18.5 Å². The predicted octanol–water partition coefficient (Wildman–Crippen LogP) is 1.19. The minimum Gasteiger partial charge on any atom is -0.396 e. The summed E-state index contributed by atoms with van der Waals surface area (Å²) in [5.41, 5.74) is 7.25. The molecule has 0 spiro atoms. The van der Waals surface area contributed by atoms with Crippen LogP contribution in [0.3, 0.4) is 0 Å². The molecule has 0 bridgehead atoms. The SMILES string of the molecule is CSC(CO)C(C)Nc1ccncc1N. The third kappa shape index (κ3) is 3.28. The van der Waals surface area contributed by atoms with Crippen LogP contribution in [0.5, 0.6) is 0 Å². The van der Waals surface area contributed by atoms with E-state index in [1.807, 2.05) is 19.2 Å². The Hall–Kier alpha value is -0.940. The van der Waals surface area contributed by atoms with Gasteiger partial charge in [0.15, 0.2) is 0 Å². The molecule has 2 atom stereocenters. The molecule has 84 valence electrons. The molecular weight excluding hydrogens is 210 g/mol. The van der Waals surface area contributed by atoms with E-state index < -0.39 is 0 Å². The first-order valence-corrected chi connectivity index (χ1v) is 6.07. The largest absolute Gasteiger partial charge is 0.396 e. The first kappa shape index (κ1) is 12.1. The molecule has 4 N–H and O–H groups in total. The highest BCUT2D eigenvalue weighted by Gasteiger charge is 2.15. The predicted molar refractivity (Wildman–Crippen MR) is 66.1 cm³/mol. The van der Waals surface area contributed by atoms with Gasteiger partial charge in [0.1, 0.15) is 0 Å². The fourth-order valence-corrected chi connectivity index (χ4v) is 1.94. The zero-order valence-electron chi connectivity index (χ0n) is 8.97. The first-order chi connectivity index (χ1) is 7.19. The van der Waals surface area contributed by atoms with Gasteiger partial charge in [0.05, 0.1) is 24.2 Å². The number of thioether (sulfide) groups is 1. The zero-order chi connectivity index (χ0) is 11.3. The number of anilines is 2. The number of nitrogen functional groups attached to an aromatic ring is 1. The van der Waals surface area contributed by atoms with Gasteiger partial charge in [0, 0.05) is 17.5 Å². The maximum atomic E-state index is 9.14. The molecule has 0 aliphatic heterocycles. The van der Waals surface area contributed by atoms with E-state index in [2.05, 4.69) is 10.3 Å². The number of aromatic nitrogens is 1. The van der Waals surface area contributed by atoms with E-state index >= 15 is 0 Å². The Morgan fingerprint density at radius 3 is 2.93 bits per heavy atom. The maximum Gasteiger partial charge on any atom is 0.0736 e. The third-order valence-corrected chi connectivity index (χ3v) is 3.44. The van der Waals surface area contributed by atoms with Crippen molar-refractivity contribution in [1.82, 2.24) is 4.98 Å². The Kier molecular flexibility index (Phi) is 4.71. The van der Waals surface area contributed by atoms with Gasteiger partial charge < -0.3 is 16.2 Å². The second kappa shape index (κ2) is 5.82. The van der Waals surface area contributed by atoms with Crippen molar-refractivity contribution >= 4 is 23.1 Å². The van der Waals surface area contributed by atoms with E-state index in [4.69, 9.17) is 10.8 Å². The average molecular weight is 227 g/mol. The number of nitrogens with zero attached hydrogens (tertiary/aromatic N) is 1. The van der Waals surface area contributed by atoms with Crippen LogP contribution in [0.15, 0.2) is 18.5 Å². The number of nitrogens with one attached hydrogen (secondary N) is 1. The van der Waals surface area contributed by atoms with Crippen LogP contribution in [0.1, 0.15) is 6.92 Å². The van der Waals surface area contributed by atoms with E-state index in [1.54, 1.807) is 24.2 Å². The Bertz CT molecular complexity index is 304. The highest BCUT2D eigenvalue weighted by atomic mass is 32.2. The van der Waals surface area contributed by atoms with Crippen LogP contribution >= 0.6 is 11.8 Å². The molecule has 4 nitrogen and oxygen atoms in total. The lowest BCUT2D eigenvalue weighted by atomic mass is 10.2. The van der Waals surface area contributed by atoms with Crippen LogP contribution in [0.4, 0.5) is 11.4 Å². The lowest BCUT2D eigenvalue weighted by Crippen LogP contribution is -2.31. The van der Waals surface area contributed by atoms with Gasteiger partial charge in [-0.05, 0) is 19.2 Å². The molecule has 0 saturated heterocycles. The van der Waals surface area contributed by atoms with Gasteiger partial charge >= 0.3 is 0 Å². The fraction of sp³-hybridized carbons (Fsp3) is 0.500. The fourth-order valence-electron chi connectivity index (χ4n) is 1.31. The minimum absolute atomic E-state index is 0.153. The van der Waals surface area contributed by atoms with Crippen molar-refractivity contribution in [1.29, 1.82) is 0 Å². The van der Waals surface area contributed by atoms with Crippen LogP contribution in [-0.2, 0) is 0 Å². The number of nitrogens with two attached hydrogens (primary N) is 1. The molecule has 1 aromatic rings. The van der Waals surface area contributed by atoms with Crippen LogP contribution in [-0.4, -0.2) is 34.2 Å². The van der Waals surface area contributed by atoms with Gasteiger partial charge in [0.25, 0.3) is 0 Å². The van der Waals surface area contributed by atoms with Crippen molar-refractivity contribution in [2.75, 3.05) is 23.9 Å². The number of hydrogen-bond acceptors (Lipinski definition) is 5. The molecule has 0 fully saturated rings. The van der Waals surface area contributed by atoms with Crippen LogP contribution in [0, 0.1) is 0 Å². The Morgan fingerprint density at radius 1 is 1.67 bits per heavy atom. The van der Waals surface area contributed by atoms with Crippen molar-refractivity contribution < 1.29 is 5.11 Å². The molecule has 0 aromatic carbocycles. The summed E-state index contributed by atoms with van der Waals surface area (Å²) >= 11 is 1.63. The quantitative estimate of drug-likeness (QED) is 0.705. The molecule has 0 aliphatic carbocycles. The second-order valence-corrected chi connectivity index (χ2v) is 4.43. The lowest BCUT2D eigenvalue weighted by Gasteiger charge is -2.22. The number of aliphatic hydroxyl groups is 1. The molecule has 0 saturated carbocycles. The summed E-state index contributed by atoms with van der Waals surface area (Å²) in [5.74, 6) is 0. The summed E-state index contributed by atoms with van der Waals surface area (Å²) in [6.07, 6.45) is 5.29. The topological polar surface area (TPSA) is 71.2 Å². The Labute approximate surface area is 94.3 Å². The molecule has 15 heavy (non-hydrogen) atoms. The first-order valence-electron chi connectivity index (χ1n) is 4.78. The van der Waals surface area contributed by atoms with Crippen molar-refractivity contribution in [3.63, 3.8) is 0 Å². The number of rotatable bonds is 5. The molecule has 5 heteroatoms. The van der Waals surface area contributed by atoms with Gasteiger partial charge in [-0.3, -0.25) is 4.98 Å². The summed E-state index contributed by atoms with van der Waals surface area (Å²) in [5, 5.41) is 12.6. The molecule has 1 rings (SSSR count). The summed E-state index contributed by atoms with van der Waals surface area (Å²) in [6, 6.07) is 2.00. The highest BCUT2D eigenvalue weighted by molar-refractivity contribution is 7.99. The molecular formula is C10H17N3OS. The number of aliphatic hydroxyl groups excluding tert-OH is 1. The molecule has 0 radical (unpaired) electrons. The molecule has 2 unspecified atom stereocenters. The van der Waals surface area contributed by atoms with Gasteiger partial charge in [-0.2, -0.15) is 11.8 Å². The van der Waals surface area contributed by atoms with Gasteiger partial charge in [-0.1, -0.05) is 0 Å². The smallest absolute Gasteiger partial charge is 0.0736 e. The summed E-state index contributed by atoms with van der Waals surface area (Å²) in [7, 11) is 0.